The summed E-state index contributed by atoms with van der Waals surface area (Å²) in [5.41, 5.74) is 0.520. The summed E-state index contributed by atoms with van der Waals surface area (Å²) in [6.07, 6.45) is 4.25. The first kappa shape index (κ1) is 18.5. The molecule has 0 saturated carbocycles. The van der Waals surface area contributed by atoms with Gasteiger partial charge in [0.25, 0.3) is 5.91 Å². The fourth-order valence-electron chi connectivity index (χ4n) is 2.35. The molecule has 7 nitrogen and oxygen atoms in total. The van der Waals surface area contributed by atoms with Crippen molar-refractivity contribution in [2.75, 3.05) is 25.5 Å². The van der Waals surface area contributed by atoms with E-state index in [4.69, 9.17) is 4.74 Å². The number of nitrogens with zero attached hydrogens (tertiary/aromatic N) is 2. The van der Waals surface area contributed by atoms with Gasteiger partial charge in [-0.25, -0.2) is 0 Å². The number of nitrogens with one attached hydrogen (secondary N) is 1. The molecule has 0 fully saturated rings. The van der Waals surface area contributed by atoms with Crippen molar-refractivity contribution >= 4 is 17.6 Å². The molecule has 134 valence electrons. The van der Waals surface area contributed by atoms with Crippen LogP contribution in [-0.2, 0) is 4.79 Å². The molecule has 0 bridgehead atoms. The summed E-state index contributed by atoms with van der Waals surface area (Å²) < 4.78 is 9.79. The van der Waals surface area contributed by atoms with Crippen LogP contribution in [0.15, 0.2) is 41.1 Å². The number of benzene rings is 1. The number of methoxy groups -OCH3 is 1. The highest BCUT2D eigenvalue weighted by Gasteiger charge is 2.19. The maximum Gasteiger partial charge on any atom is 0.254 e. The summed E-state index contributed by atoms with van der Waals surface area (Å²) in [5, 5.41) is 6.25. The molecule has 1 aromatic heterocycles. The largest absolute Gasteiger partial charge is 0.497 e. The average molecular weight is 345 g/mol. The molecule has 0 atom stereocenters. The number of unbranched alkanes of at least 4 members (excludes halogenated alkanes) is 2. The van der Waals surface area contributed by atoms with Gasteiger partial charge in [-0.05, 0) is 30.7 Å². The van der Waals surface area contributed by atoms with Crippen LogP contribution in [0.4, 0.5) is 5.82 Å². The minimum absolute atomic E-state index is 0.0402. The Morgan fingerprint density at radius 3 is 2.56 bits per heavy atom. The molecule has 1 heterocycles. The second-order valence-electron chi connectivity index (χ2n) is 5.60. The lowest BCUT2D eigenvalue weighted by Gasteiger charge is -2.22. The molecule has 0 radical (unpaired) electrons. The monoisotopic (exact) mass is 345 g/mol. The highest BCUT2D eigenvalue weighted by atomic mass is 16.5. The quantitative estimate of drug-likeness (QED) is 0.706. The first-order chi connectivity index (χ1) is 12.1. The Kier molecular flexibility index (Phi) is 7.00. The van der Waals surface area contributed by atoms with Crippen LogP contribution in [0.2, 0.25) is 0 Å². The number of anilines is 1. The minimum Gasteiger partial charge on any atom is -0.497 e. The van der Waals surface area contributed by atoms with E-state index < -0.39 is 0 Å². The zero-order valence-corrected chi connectivity index (χ0v) is 14.5. The third-order valence-corrected chi connectivity index (χ3v) is 3.70. The number of aromatic nitrogens is 1. The Bertz CT molecular complexity index is 668. The Hall–Kier alpha value is -2.83. The number of carbonyl (C=O) groups is 2. The van der Waals surface area contributed by atoms with Crippen molar-refractivity contribution in [2.24, 2.45) is 0 Å². The van der Waals surface area contributed by atoms with Crippen molar-refractivity contribution < 1.29 is 18.8 Å². The zero-order chi connectivity index (χ0) is 18.1. The van der Waals surface area contributed by atoms with Crippen LogP contribution in [0, 0.1) is 0 Å². The predicted octanol–water partition coefficient (Wildman–Crippen LogP) is 2.95. The van der Waals surface area contributed by atoms with Gasteiger partial charge in [-0.15, -0.1) is 0 Å². The van der Waals surface area contributed by atoms with Crippen molar-refractivity contribution in [2.45, 2.75) is 26.2 Å². The van der Waals surface area contributed by atoms with Crippen LogP contribution in [0.3, 0.4) is 0 Å². The van der Waals surface area contributed by atoms with Crippen LogP contribution in [0.1, 0.15) is 36.5 Å². The van der Waals surface area contributed by atoms with Gasteiger partial charge in [0.1, 0.15) is 18.6 Å². The van der Waals surface area contributed by atoms with Gasteiger partial charge in [0.2, 0.25) is 5.91 Å². The number of carbonyl (C=O) groups excluding carboxylic acids is 2. The zero-order valence-electron chi connectivity index (χ0n) is 14.5. The molecule has 2 rings (SSSR count). The summed E-state index contributed by atoms with van der Waals surface area (Å²) in [7, 11) is 1.57. The topological polar surface area (TPSA) is 84.7 Å². The third kappa shape index (κ3) is 5.63. The second kappa shape index (κ2) is 9.46. The first-order valence-electron chi connectivity index (χ1n) is 8.27. The smallest absolute Gasteiger partial charge is 0.254 e. The average Bonchev–Trinajstić information content (AvgIpc) is 3.13. The first-order valence-corrected chi connectivity index (χ1v) is 8.27. The van der Waals surface area contributed by atoms with Gasteiger partial charge < -0.3 is 19.5 Å². The summed E-state index contributed by atoms with van der Waals surface area (Å²) in [6, 6.07) is 8.40. The summed E-state index contributed by atoms with van der Waals surface area (Å²) in [5.74, 6) is 0.509. The van der Waals surface area contributed by atoms with Crippen molar-refractivity contribution in [3.05, 3.63) is 42.2 Å². The van der Waals surface area contributed by atoms with Crippen LogP contribution in [-0.4, -0.2) is 42.1 Å². The van der Waals surface area contributed by atoms with Gasteiger partial charge >= 0.3 is 0 Å². The molecule has 0 aliphatic rings. The van der Waals surface area contributed by atoms with Crippen molar-refractivity contribution in [1.82, 2.24) is 10.1 Å². The molecule has 25 heavy (non-hydrogen) atoms. The number of rotatable bonds is 9. The van der Waals surface area contributed by atoms with E-state index in [9.17, 15) is 9.59 Å². The molecular formula is C18H23N3O4. The highest BCUT2D eigenvalue weighted by molar-refractivity contribution is 5.99. The number of hydrogen-bond acceptors (Lipinski definition) is 5. The summed E-state index contributed by atoms with van der Waals surface area (Å²) in [6.45, 7) is 2.57. The molecule has 0 spiro atoms. The van der Waals surface area contributed by atoms with E-state index in [1.807, 2.05) is 0 Å². The van der Waals surface area contributed by atoms with Gasteiger partial charge in [-0.1, -0.05) is 24.9 Å². The molecule has 7 heteroatoms. The minimum atomic E-state index is -0.313. The molecule has 1 N–H and O–H groups in total. The van der Waals surface area contributed by atoms with Gasteiger partial charge in [-0.3, -0.25) is 9.59 Å². The fraction of sp³-hybridized carbons (Fsp3) is 0.389. The van der Waals surface area contributed by atoms with Crippen LogP contribution in [0.25, 0.3) is 0 Å². The number of ether oxygens (including phenoxy) is 1. The summed E-state index contributed by atoms with van der Waals surface area (Å²) >= 11 is 0. The molecule has 0 saturated heterocycles. The van der Waals surface area contributed by atoms with Crippen LogP contribution in [0.5, 0.6) is 5.75 Å². The van der Waals surface area contributed by atoms with Gasteiger partial charge in [0.15, 0.2) is 5.82 Å². The molecule has 1 aromatic carbocycles. The van der Waals surface area contributed by atoms with E-state index in [1.165, 1.54) is 6.26 Å². The Labute approximate surface area is 146 Å². The highest BCUT2D eigenvalue weighted by Crippen LogP contribution is 2.14. The van der Waals surface area contributed by atoms with E-state index >= 15 is 0 Å². The van der Waals surface area contributed by atoms with Gasteiger partial charge in [0, 0.05) is 18.2 Å². The number of amides is 2. The molecular weight excluding hydrogens is 322 g/mol. The van der Waals surface area contributed by atoms with Gasteiger partial charge in [-0.2, -0.15) is 0 Å². The molecule has 2 amide bonds. The lowest BCUT2D eigenvalue weighted by atomic mass is 10.1. The second-order valence-corrected chi connectivity index (χ2v) is 5.60. The number of hydrogen-bond donors (Lipinski definition) is 1. The fourth-order valence-corrected chi connectivity index (χ4v) is 2.35. The van der Waals surface area contributed by atoms with E-state index in [0.29, 0.717) is 23.7 Å². The molecule has 0 aliphatic carbocycles. The van der Waals surface area contributed by atoms with Crippen LogP contribution >= 0.6 is 0 Å². The van der Waals surface area contributed by atoms with Crippen LogP contribution < -0.4 is 10.1 Å². The maximum absolute atomic E-state index is 12.7. The standard InChI is InChI=1S/C18H23N3O4/c1-3-4-5-11-21(13-17(22)19-16-10-12-25-20-16)18(23)14-6-8-15(24-2)9-7-14/h6-10,12H,3-5,11,13H2,1-2H3,(H,19,20,22). The normalized spacial score (nSPS) is 10.3. The maximum atomic E-state index is 12.7. The molecule has 2 aromatic rings. The lowest BCUT2D eigenvalue weighted by molar-refractivity contribution is -0.117. The Morgan fingerprint density at radius 2 is 1.96 bits per heavy atom. The third-order valence-electron chi connectivity index (χ3n) is 3.70. The van der Waals surface area contributed by atoms with Crippen molar-refractivity contribution in [3.8, 4) is 5.75 Å². The SMILES string of the molecule is CCCCCN(CC(=O)Nc1ccon1)C(=O)c1ccc(OC)cc1. The Balaban J connectivity index is 2.04. The van der Waals surface area contributed by atoms with Gasteiger partial charge in [0.05, 0.1) is 7.11 Å². The Morgan fingerprint density at radius 1 is 1.20 bits per heavy atom. The van der Waals surface area contributed by atoms with Crippen molar-refractivity contribution in [3.63, 3.8) is 0 Å². The predicted molar refractivity (Wildman–Crippen MR) is 93.6 cm³/mol. The van der Waals surface area contributed by atoms with E-state index in [2.05, 4.69) is 21.9 Å². The van der Waals surface area contributed by atoms with E-state index in [1.54, 1.807) is 42.3 Å². The molecule has 0 aliphatic heterocycles. The lowest BCUT2D eigenvalue weighted by Crippen LogP contribution is -2.38. The van der Waals surface area contributed by atoms with E-state index in [-0.39, 0.29) is 18.4 Å². The van der Waals surface area contributed by atoms with E-state index in [0.717, 1.165) is 19.3 Å². The van der Waals surface area contributed by atoms with Crippen molar-refractivity contribution in [1.29, 1.82) is 0 Å². The summed E-state index contributed by atoms with van der Waals surface area (Å²) in [4.78, 5) is 26.5. The molecule has 0 unspecified atom stereocenters.